The molecule has 3 aromatic heterocycles. The van der Waals surface area contributed by atoms with Crippen molar-refractivity contribution >= 4 is 35.0 Å². The lowest BCUT2D eigenvalue weighted by molar-refractivity contribution is 0.0107. The largest absolute Gasteiger partial charge is 0.446 e. The summed E-state index contributed by atoms with van der Waals surface area (Å²) in [6, 6.07) is 15.5. The molecule has 5 aromatic rings. The quantitative estimate of drug-likeness (QED) is 0.229. The monoisotopic (exact) mass is 620 g/mol. The van der Waals surface area contributed by atoms with E-state index in [2.05, 4.69) is 25.8 Å². The number of aryl methyl sites for hydroxylation is 1. The molecule has 1 atom stereocenters. The second-order valence-corrected chi connectivity index (χ2v) is 11.6. The zero-order chi connectivity index (χ0) is 30.3. The molecular weight excluding hydrogens is 595 g/mol. The highest BCUT2D eigenvalue weighted by Gasteiger charge is 2.29. The van der Waals surface area contributed by atoms with E-state index >= 15 is 0 Å². The molecule has 1 amide bonds. The number of nitrogens with one attached hydrogen (secondary N) is 2. The lowest BCUT2D eigenvalue weighted by Gasteiger charge is -2.17. The molecule has 0 unspecified atom stereocenters. The van der Waals surface area contributed by atoms with E-state index in [1.165, 1.54) is 11.0 Å². The van der Waals surface area contributed by atoms with E-state index in [0.717, 1.165) is 16.8 Å². The van der Waals surface area contributed by atoms with Crippen molar-refractivity contribution in [3.05, 3.63) is 93.0 Å². The molecule has 0 saturated heterocycles. The number of carbonyl (C=O) groups is 1. The van der Waals surface area contributed by atoms with Gasteiger partial charge in [0.05, 0.1) is 17.3 Å². The first kappa shape index (κ1) is 28.6. The molecule has 0 radical (unpaired) electrons. The number of anilines is 1. The van der Waals surface area contributed by atoms with Gasteiger partial charge in [-0.05, 0) is 79.1 Å². The molecule has 0 saturated carbocycles. The molecule has 12 nitrogen and oxygen atoms in total. The van der Waals surface area contributed by atoms with E-state index in [-0.39, 0.29) is 18.2 Å². The van der Waals surface area contributed by atoms with Crippen LogP contribution in [0.2, 0.25) is 10.2 Å². The number of halogens is 2. The number of pyridine rings is 1. The molecule has 220 valence electrons. The van der Waals surface area contributed by atoms with Gasteiger partial charge in [0.2, 0.25) is 0 Å². The minimum atomic E-state index is -1.13. The van der Waals surface area contributed by atoms with Crippen molar-refractivity contribution in [1.29, 1.82) is 0 Å². The van der Waals surface area contributed by atoms with E-state index < -0.39 is 11.7 Å². The number of H-pyrrole nitrogens is 1. The molecular formula is C29H26Cl2N8O4. The Morgan fingerprint density at radius 1 is 1.14 bits per heavy atom. The van der Waals surface area contributed by atoms with E-state index in [1.807, 2.05) is 6.07 Å². The predicted molar refractivity (Wildman–Crippen MR) is 161 cm³/mol. The SMILES string of the molecule is CC(C)(O)COC(=O)Nc1ccc(-c2nc([C@@H]3CCc4cc(-c5cc(Cl)ccc5-n5cnnn5)cc(=O)n43)[nH]c2Cl)cc1. The highest BCUT2D eigenvalue weighted by atomic mass is 35.5. The van der Waals surface area contributed by atoms with Crippen LogP contribution in [-0.4, -0.2) is 58.2 Å². The van der Waals surface area contributed by atoms with Gasteiger partial charge in [0.1, 0.15) is 29.6 Å². The topological polar surface area (TPSA) is 153 Å². The number of rotatable bonds is 7. The fraction of sp³-hybridized carbons (Fsp3) is 0.241. The average Bonchev–Trinajstić information content (AvgIpc) is 3.72. The summed E-state index contributed by atoms with van der Waals surface area (Å²) < 4.78 is 8.28. The predicted octanol–water partition coefficient (Wildman–Crippen LogP) is 5.04. The van der Waals surface area contributed by atoms with Crippen molar-refractivity contribution in [2.45, 2.75) is 38.3 Å². The summed E-state index contributed by atoms with van der Waals surface area (Å²) in [5.41, 5.74) is 3.44. The van der Waals surface area contributed by atoms with Crippen molar-refractivity contribution in [2.24, 2.45) is 0 Å². The Morgan fingerprint density at radius 2 is 1.93 bits per heavy atom. The van der Waals surface area contributed by atoms with Crippen molar-refractivity contribution < 1.29 is 14.6 Å². The minimum Gasteiger partial charge on any atom is -0.446 e. The van der Waals surface area contributed by atoms with E-state index in [1.54, 1.807) is 66.9 Å². The number of aliphatic hydroxyl groups is 1. The fourth-order valence-corrected chi connectivity index (χ4v) is 5.47. The average molecular weight is 621 g/mol. The lowest BCUT2D eigenvalue weighted by Crippen LogP contribution is -2.29. The number of aromatic nitrogens is 7. The molecule has 2 aromatic carbocycles. The maximum atomic E-state index is 13.5. The first-order chi connectivity index (χ1) is 20.6. The molecule has 0 bridgehead atoms. The molecule has 43 heavy (non-hydrogen) atoms. The van der Waals surface area contributed by atoms with Gasteiger partial charge >= 0.3 is 6.09 Å². The van der Waals surface area contributed by atoms with E-state index in [4.69, 9.17) is 32.9 Å². The number of ether oxygens (including phenoxy) is 1. The highest BCUT2D eigenvalue weighted by molar-refractivity contribution is 6.32. The summed E-state index contributed by atoms with van der Waals surface area (Å²) in [6.45, 7) is 2.95. The number of benzene rings is 2. The van der Waals surface area contributed by atoms with Crippen molar-refractivity contribution in [2.75, 3.05) is 11.9 Å². The molecule has 1 aliphatic rings. The van der Waals surface area contributed by atoms with Gasteiger partial charge in [0.15, 0.2) is 0 Å². The number of hydrogen-bond acceptors (Lipinski definition) is 8. The van der Waals surface area contributed by atoms with Crippen molar-refractivity contribution in [3.63, 3.8) is 0 Å². The Hall–Kier alpha value is -4.52. The summed E-state index contributed by atoms with van der Waals surface area (Å²) in [7, 11) is 0. The Balaban J connectivity index is 1.24. The van der Waals surface area contributed by atoms with Gasteiger partial charge in [-0.2, -0.15) is 4.68 Å². The van der Waals surface area contributed by atoms with Gasteiger partial charge in [-0.1, -0.05) is 35.3 Å². The summed E-state index contributed by atoms with van der Waals surface area (Å²) in [6.07, 6.45) is 2.13. The van der Waals surface area contributed by atoms with Crippen LogP contribution in [-0.2, 0) is 11.2 Å². The standard InChI is InChI=1S/C29H26Cl2N8O4/c1-29(2,42)14-43-28(41)33-19-6-3-16(4-7-19)25-26(31)35-27(34-25)23-10-8-20-11-17(12-24(40)39(20)23)21-13-18(30)5-9-22(21)38-15-32-36-37-38/h3-7,9,11-13,15,23,42H,8,10,14H2,1-2H3,(H,33,41)(H,34,35)/t23-/m0/s1. The number of amides is 1. The second kappa shape index (κ2) is 11.3. The normalized spacial score (nSPS) is 14.5. The molecule has 3 N–H and O–H groups in total. The third-order valence-electron chi connectivity index (χ3n) is 6.95. The first-order valence-electron chi connectivity index (χ1n) is 13.4. The van der Waals surface area contributed by atoms with Gasteiger partial charge < -0.3 is 19.4 Å². The zero-order valence-corrected chi connectivity index (χ0v) is 24.6. The number of carbonyl (C=O) groups excluding carboxylic acids is 1. The van der Waals surface area contributed by atoms with Gasteiger partial charge in [-0.25, -0.2) is 9.78 Å². The van der Waals surface area contributed by atoms with E-state index in [9.17, 15) is 14.7 Å². The molecule has 0 fully saturated rings. The Morgan fingerprint density at radius 3 is 2.65 bits per heavy atom. The van der Waals surface area contributed by atoms with Crippen LogP contribution in [0, 0.1) is 0 Å². The lowest BCUT2D eigenvalue weighted by atomic mass is 10.0. The fourth-order valence-electron chi connectivity index (χ4n) is 5.05. The summed E-state index contributed by atoms with van der Waals surface area (Å²) >= 11 is 12.9. The van der Waals surface area contributed by atoms with Crippen molar-refractivity contribution in [1.82, 2.24) is 34.7 Å². The number of tetrazole rings is 1. The van der Waals surface area contributed by atoms with Crippen LogP contribution in [0.15, 0.2) is 65.7 Å². The number of imidazole rings is 1. The molecule has 14 heteroatoms. The first-order valence-corrected chi connectivity index (χ1v) is 14.1. The Labute approximate surface area is 255 Å². The molecule has 0 spiro atoms. The number of nitrogens with zero attached hydrogens (tertiary/aromatic N) is 6. The maximum Gasteiger partial charge on any atom is 0.411 e. The third kappa shape index (κ3) is 6.03. The Bertz CT molecular complexity index is 1860. The van der Waals surface area contributed by atoms with Crippen LogP contribution in [0.1, 0.15) is 37.8 Å². The van der Waals surface area contributed by atoms with Crippen LogP contribution >= 0.6 is 23.2 Å². The van der Waals surface area contributed by atoms with Crippen LogP contribution in [0.25, 0.3) is 28.1 Å². The zero-order valence-electron chi connectivity index (χ0n) is 23.1. The van der Waals surface area contributed by atoms with Gasteiger partial charge in [-0.3, -0.25) is 10.1 Å². The van der Waals surface area contributed by atoms with E-state index in [0.29, 0.717) is 51.5 Å². The molecule has 0 aliphatic carbocycles. The van der Waals surface area contributed by atoms with Crippen LogP contribution < -0.4 is 10.9 Å². The third-order valence-corrected chi connectivity index (χ3v) is 7.46. The number of hydrogen-bond donors (Lipinski definition) is 3. The molecule has 1 aliphatic heterocycles. The molecule has 4 heterocycles. The van der Waals surface area contributed by atoms with Crippen LogP contribution in [0.4, 0.5) is 10.5 Å². The summed E-state index contributed by atoms with van der Waals surface area (Å²) in [5.74, 6) is 0.572. The second-order valence-electron chi connectivity index (χ2n) is 10.8. The Kier molecular flexibility index (Phi) is 7.50. The van der Waals surface area contributed by atoms with Crippen LogP contribution in [0.5, 0.6) is 0 Å². The van der Waals surface area contributed by atoms with Crippen molar-refractivity contribution in [3.8, 4) is 28.1 Å². The summed E-state index contributed by atoms with van der Waals surface area (Å²) in [5, 5.41) is 24.6. The van der Waals surface area contributed by atoms with Gasteiger partial charge in [0, 0.05) is 33.6 Å². The van der Waals surface area contributed by atoms with Crippen LogP contribution in [0.3, 0.4) is 0 Å². The van der Waals surface area contributed by atoms with Gasteiger partial charge in [0.25, 0.3) is 5.56 Å². The smallest absolute Gasteiger partial charge is 0.411 e. The van der Waals surface area contributed by atoms with Gasteiger partial charge in [-0.15, -0.1) is 5.10 Å². The minimum absolute atomic E-state index is 0.139. The number of fused-ring (bicyclic) bond motifs is 1. The maximum absolute atomic E-state index is 13.5. The summed E-state index contributed by atoms with van der Waals surface area (Å²) in [4.78, 5) is 33.4. The number of aromatic amines is 1. The molecule has 6 rings (SSSR count). The highest BCUT2D eigenvalue weighted by Crippen LogP contribution is 2.36.